The summed E-state index contributed by atoms with van der Waals surface area (Å²) in [5, 5.41) is 24.8. The topological polar surface area (TPSA) is 464 Å². The molecule has 4 aromatic rings. The molecule has 0 saturated carbocycles. The fourth-order valence-corrected chi connectivity index (χ4v) is 14.9. The maximum atomic E-state index is 14.1. The van der Waals surface area contributed by atoms with Crippen molar-refractivity contribution in [2.45, 2.75) is 187 Å². The first kappa shape index (κ1) is 106. The van der Waals surface area contributed by atoms with Crippen molar-refractivity contribution in [2.75, 3.05) is 165 Å². The first-order chi connectivity index (χ1) is 61.8. The van der Waals surface area contributed by atoms with Crippen molar-refractivity contribution in [3.8, 4) is 11.5 Å². The van der Waals surface area contributed by atoms with Crippen LogP contribution in [-0.4, -0.2) is 302 Å². The molecule has 6 amide bonds. The zero-order valence-electron chi connectivity index (χ0n) is 75.8. The molecule has 0 spiro atoms. The highest BCUT2D eigenvalue weighted by atomic mass is 16.7. The average molecular weight is 1820 g/mol. The molecule has 4 aromatic carbocycles. The van der Waals surface area contributed by atoms with Gasteiger partial charge in [-0.1, -0.05) is 94.1 Å². The van der Waals surface area contributed by atoms with Crippen molar-refractivity contribution >= 4 is 76.9 Å². The van der Waals surface area contributed by atoms with Gasteiger partial charge in [0.15, 0.2) is 37.0 Å². The van der Waals surface area contributed by atoms with Crippen LogP contribution in [0.2, 0.25) is 0 Å². The largest absolute Gasteiger partial charge is 0.497 e. The monoisotopic (exact) mass is 1820 g/mol. The van der Waals surface area contributed by atoms with Gasteiger partial charge in [0.25, 0.3) is 11.8 Å². The number of anilines is 1. The number of unbranched alkanes of at least 4 members (excludes halogenated alkanes) is 5. The zero-order valence-corrected chi connectivity index (χ0v) is 75.8. The minimum atomic E-state index is -1.29. The fourth-order valence-electron chi connectivity index (χ4n) is 14.9. The number of carbonyl (C=O) groups is 12. The van der Waals surface area contributed by atoms with Gasteiger partial charge in [-0.15, -0.1) is 0 Å². The number of benzene rings is 4. The summed E-state index contributed by atoms with van der Waals surface area (Å²) in [4.78, 5) is 154. The predicted octanol–water partition coefficient (Wildman–Crippen LogP) is 5.52. The number of amides is 6. The molecule has 3 aliphatic heterocycles. The first-order valence-corrected chi connectivity index (χ1v) is 43.2. The van der Waals surface area contributed by atoms with E-state index in [0.717, 1.165) is 70.1 Å². The quantitative estimate of drug-likeness (QED) is 0.0137. The molecule has 38 heteroatoms. The Morgan fingerprint density at radius 1 is 0.442 bits per heavy atom. The summed E-state index contributed by atoms with van der Waals surface area (Å²) in [6.07, 6.45) is -5.14. The number of hydrogen-bond donors (Lipinski definition) is 6. The average Bonchev–Trinajstić information content (AvgIpc) is 1.69. The van der Waals surface area contributed by atoms with Gasteiger partial charge in [0, 0.05) is 122 Å². The standard InChI is InChI=1S/C91H128N6O32/c1-59(99)94-79-83(126-65(7)105)81(124-63(5)103)75(53-121-61(3)101)128-87(79)119-48-46-117-44-42-115-40-38-113-36-34-92-85(109)67-50-68(86(110)93-35-37-114-39-41-116-43-45-118-47-49-120-88-80(95-60(2)100)84(127-66(8)106)82(125-64(6)104)76(129-88)54-122-62(4)102)52-72(51-67)96-77(107)24-20-15-13-14-16-21-25-78(108)97-55-89(9,57-98)90(10,56-97)58-123-91(69-22-18-17-19-23-69,70-26-30-73(111-11)31-27-70)71-28-32-74(112-12)33-29-71/h17-19,22-23,26-33,50-52,75-76,79-84,87-88,98H,13-16,20-21,24-25,34-49,53-58H2,1-12H3,(H,92,109)(H,93,110)(H,94,99)(H,95,100)(H,96,107)/t75-,76-,79-,80-,81+,82+,83-,84-,87?,88?,89?,90?/m1/s1. The van der Waals surface area contributed by atoms with E-state index in [2.05, 4.69) is 33.5 Å². The number of aliphatic hydroxyl groups is 1. The van der Waals surface area contributed by atoms with Crippen LogP contribution in [0.25, 0.3) is 0 Å². The van der Waals surface area contributed by atoms with Gasteiger partial charge in [-0.2, -0.15) is 0 Å². The van der Waals surface area contributed by atoms with Crippen LogP contribution in [0.5, 0.6) is 11.5 Å². The number of carbonyl (C=O) groups excluding carboxylic acids is 12. The molecule has 4 unspecified atom stereocenters. The number of nitrogens with zero attached hydrogens (tertiary/aromatic N) is 1. The highest BCUT2D eigenvalue weighted by molar-refractivity contribution is 6.02. The van der Waals surface area contributed by atoms with Gasteiger partial charge in [0.1, 0.15) is 54.6 Å². The summed E-state index contributed by atoms with van der Waals surface area (Å²) in [7, 11) is 3.24. The minimum Gasteiger partial charge on any atom is -0.497 e. The van der Waals surface area contributed by atoms with Gasteiger partial charge >= 0.3 is 35.8 Å². The summed E-state index contributed by atoms with van der Waals surface area (Å²) < 4.78 is 108. The normalized spacial score (nSPS) is 21.3. The summed E-state index contributed by atoms with van der Waals surface area (Å²) in [6, 6.07) is 27.6. The Balaban J connectivity index is 0.857. The van der Waals surface area contributed by atoms with Gasteiger partial charge in [-0.3, -0.25) is 57.5 Å². The molecule has 7 rings (SSSR count). The fraction of sp³-hybridized carbons (Fsp3) is 0.604. The number of hydrogen-bond acceptors (Lipinski definition) is 32. The number of rotatable bonds is 57. The van der Waals surface area contributed by atoms with E-state index < -0.39 is 150 Å². The Hall–Kier alpha value is -10.4. The van der Waals surface area contributed by atoms with Crippen LogP contribution in [0, 0.1) is 10.8 Å². The number of esters is 6. The lowest BCUT2D eigenvalue weighted by atomic mass is 9.68. The van der Waals surface area contributed by atoms with Crippen molar-refractivity contribution in [1.82, 2.24) is 26.2 Å². The Kier molecular flexibility index (Phi) is 45.0. The lowest BCUT2D eigenvalue weighted by molar-refractivity contribution is -0.279. The van der Waals surface area contributed by atoms with Crippen LogP contribution in [0.1, 0.15) is 158 Å². The third-order valence-electron chi connectivity index (χ3n) is 21.5. The summed E-state index contributed by atoms with van der Waals surface area (Å²) in [5.41, 5.74) is 0.512. The van der Waals surface area contributed by atoms with Crippen molar-refractivity contribution in [1.29, 1.82) is 0 Å². The number of aliphatic hydroxyl groups excluding tert-OH is 1. The smallest absolute Gasteiger partial charge is 0.303 e. The van der Waals surface area contributed by atoms with Crippen molar-refractivity contribution < 1.29 is 153 Å². The molecule has 12 atom stereocenters. The van der Waals surface area contributed by atoms with Crippen LogP contribution in [-0.2, 0) is 134 Å². The van der Waals surface area contributed by atoms with Crippen LogP contribution in [0.3, 0.4) is 0 Å². The third-order valence-corrected chi connectivity index (χ3v) is 21.5. The number of nitrogens with one attached hydrogen (secondary N) is 5. The van der Waals surface area contributed by atoms with E-state index in [1.807, 2.05) is 90.7 Å². The molecule has 0 bridgehead atoms. The van der Waals surface area contributed by atoms with Crippen LogP contribution < -0.4 is 36.1 Å². The van der Waals surface area contributed by atoms with Gasteiger partial charge in [0.2, 0.25) is 23.6 Å². The third kappa shape index (κ3) is 34.5. The second-order valence-corrected chi connectivity index (χ2v) is 31.7. The van der Waals surface area contributed by atoms with Crippen molar-refractivity contribution in [3.05, 3.63) is 125 Å². The second kappa shape index (κ2) is 55.0. The molecule has 6 N–H and O–H groups in total. The highest BCUT2D eigenvalue weighted by Gasteiger charge is 2.56. The zero-order chi connectivity index (χ0) is 93.9. The van der Waals surface area contributed by atoms with Crippen LogP contribution in [0.4, 0.5) is 5.69 Å². The first-order valence-electron chi connectivity index (χ1n) is 43.2. The van der Waals surface area contributed by atoms with Crippen LogP contribution in [0.15, 0.2) is 97.1 Å². The molecule has 0 aliphatic carbocycles. The van der Waals surface area contributed by atoms with Gasteiger partial charge < -0.3 is 127 Å². The molecule has 0 radical (unpaired) electrons. The van der Waals surface area contributed by atoms with E-state index >= 15 is 0 Å². The van der Waals surface area contributed by atoms with Gasteiger partial charge in [-0.25, -0.2) is 0 Å². The van der Waals surface area contributed by atoms with E-state index in [4.69, 9.17) is 90.0 Å². The molecule has 3 saturated heterocycles. The molecular weight excluding hydrogens is 1690 g/mol. The molecule has 3 heterocycles. The summed E-state index contributed by atoms with van der Waals surface area (Å²) in [6.45, 7) is 14.7. The summed E-state index contributed by atoms with van der Waals surface area (Å²) >= 11 is 0. The van der Waals surface area contributed by atoms with E-state index in [9.17, 15) is 62.6 Å². The highest BCUT2D eigenvalue weighted by Crippen LogP contribution is 2.50. The van der Waals surface area contributed by atoms with Crippen LogP contribution >= 0.6 is 0 Å². The van der Waals surface area contributed by atoms with Crippen molar-refractivity contribution in [2.24, 2.45) is 10.8 Å². The van der Waals surface area contributed by atoms with E-state index in [-0.39, 0.29) is 154 Å². The van der Waals surface area contributed by atoms with Gasteiger partial charge in [0.05, 0.1) is 120 Å². The lowest BCUT2D eigenvalue weighted by Crippen LogP contribution is -2.66. The SMILES string of the molecule is COc1ccc(C(OCC2(C)CN(C(=O)CCCCCCCCC(=O)Nc3cc(C(=O)NCCOCCOCCOCCOC4O[C@H](COC(C)=O)[C@H](OC(C)=O)[C@H](OC(C)=O)[C@H]4NC(C)=O)cc(C(=O)NCCOCCOCCOCCOC4O[C@H](COC(C)=O)[C@H](OC(C)=O)[C@H](OC(C)=O)[C@H]4NC(C)=O)c3)CC2(C)CO)(c2ccccc2)c2ccc(OC)cc2)cc1. The summed E-state index contributed by atoms with van der Waals surface area (Å²) in [5.74, 6) is -5.42. The molecular formula is C91H128N6O32. The van der Waals surface area contributed by atoms with E-state index in [1.54, 1.807) is 14.2 Å². The Labute approximate surface area is 751 Å². The molecule has 0 aromatic heterocycles. The number of methoxy groups -OCH3 is 2. The number of likely N-dealkylation sites (tertiary alicyclic amines) is 1. The van der Waals surface area contributed by atoms with E-state index in [0.29, 0.717) is 43.9 Å². The maximum Gasteiger partial charge on any atom is 0.303 e. The molecule has 3 aliphatic rings. The van der Waals surface area contributed by atoms with E-state index in [1.165, 1.54) is 45.9 Å². The lowest BCUT2D eigenvalue weighted by Gasteiger charge is -2.44. The molecule has 714 valence electrons. The molecule has 38 nitrogen and oxygen atoms in total. The maximum absolute atomic E-state index is 14.1. The Morgan fingerprint density at radius 2 is 0.814 bits per heavy atom. The van der Waals surface area contributed by atoms with Gasteiger partial charge in [-0.05, 0) is 72.0 Å². The molecule has 129 heavy (non-hydrogen) atoms. The Morgan fingerprint density at radius 3 is 1.20 bits per heavy atom. The van der Waals surface area contributed by atoms with Crippen molar-refractivity contribution in [3.63, 3.8) is 0 Å². The molecule has 3 fully saturated rings. The second-order valence-electron chi connectivity index (χ2n) is 31.7. The predicted molar refractivity (Wildman–Crippen MR) is 460 cm³/mol. The minimum absolute atomic E-state index is 0.00175. The Bertz CT molecular complexity index is 4030. The number of ether oxygens (including phenoxy) is 19.